The van der Waals surface area contributed by atoms with Crippen molar-refractivity contribution in [1.29, 1.82) is 0 Å². The van der Waals surface area contributed by atoms with Crippen LogP contribution >= 0.6 is 0 Å². The summed E-state index contributed by atoms with van der Waals surface area (Å²) < 4.78 is 22.3. The Morgan fingerprint density at radius 2 is 1.69 bits per heavy atom. The number of hydrogen-bond acceptors (Lipinski definition) is 6. The Bertz CT molecular complexity index is 1020. The highest BCUT2D eigenvalue weighted by molar-refractivity contribution is 5.94. The fraction of sp³-hybridized carbons (Fsp3) is 0.360. The number of nitrogens with zero attached hydrogens (tertiary/aromatic N) is 1. The van der Waals surface area contributed by atoms with Gasteiger partial charge in [-0.1, -0.05) is 11.2 Å². The van der Waals surface area contributed by atoms with Gasteiger partial charge in [-0.2, -0.15) is 0 Å². The second-order valence-electron chi connectivity index (χ2n) is 7.38. The van der Waals surface area contributed by atoms with E-state index in [-0.39, 0.29) is 11.9 Å². The van der Waals surface area contributed by atoms with Crippen LogP contribution in [0.1, 0.15) is 59.8 Å². The largest absolute Gasteiger partial charge is 0.490 e. The van der Waals surface area contributed by atoms with Crippen LogP contribution in [0.25, 0.3) is 0 Å². The minimum absolute atomic E-state index is 0.165. The highest BCUT2D eigenvalue weighted by Gasteiger charge is 2.15. The van der Waals surface area contributed by atoms with Gasteiger partial charge in [-0.3, -0.25) is 4.79 Å². The van der Waals surface area contributed by atoms with Crippen molar-refractivity contribution >= 4 is 5.91 Å². The number of carbonyl (C=O) groups excluding carboxylic acids is 1. The maximum absolute atomic E-state index is 12.7. The summed E-state index contributed by atoms with van der Waals surface area (Å²) in [5.74, 6) is 2.62. The molecule has 1 amide bonds. The van der Waals surface area contributed by atoms with E-state index in [0.29, 0.717) is 42.6 Å². The molecule has 170 valence electrons. The van der Waals surface area contributed by atoms with Crippen molar-refractivity contribution in [3.63, 3.8) is 0 Å². The zero-order valence-corrected chi connectivity index (χ0v) is 19.2. The molecule has 1 heterocycles. The number of amides is 1. The molecule has 0 bridgehead atoms. The first-order valence-corrected chi connectivity index (χ1v) is 10.8. The molecule has 1 N–H and O–H groups in total. The molecule has 0 fully saturated rings. The van der Waals surface area contributed by atoms with Gasteiger partial charge < -0.3 is 24.1 Å². The molecular weight excluding hydrogens is 408 g/mol. The molecule has 1 unspecified atom stereocenters. The van der Waals surface area contributed by atoms with Gasteiger partial charge in [0.05, 0.1) is 30.5 Å². The van der Waals surface area contributed by atoms with Gasteiger partial charge in [0, 0.05) is 5.56 Å². The number of carbonyl (C=O) groups is 1. The highest BCUT2D eigenvalue weighted by Crippen LogP contribution is 2.31. The quantitative estimate of drug-likeness (QED) is 0.471. The molecule has 0 saturated heterocycles. The van der Waals surface area contributed by atoms with Gasteiger partial charge in [0.1, 0.15) is 18.1 Å². The fourth-order valence-corrected chi connectivity index (χ4v) is 3.27. The summed E-state index contributed by atoms with van der Waals surface area (Å²) >= 11 is 0. The molecule has 0 radical (unpaired) electrons. The Hall–Kier alpha value is -3.48. The standard InChI is InChI=1S/C25H30N2O5/c1-6-29-23-13-10-20(14-24(23)30-7-2)16(3)26-25(28)19-8-11-21(12-9-19)31-15-22-17(4)27-32-18(22)5/h8-14,16H,6-7,15H2,1-5H3,(H,26,28). The Morgan fingerprint density at radius 3 is 2.31 bits per heavy atom. The van der Waals surface area contributed by atoms with E-state index >= 15 is 0 Å². The molecule has 0 aliphatic rings. The van der Waals surface area contributed by atoms with Crippen molar-refractivity contribution in [2.75, 3.05) is 13.2 Å². The Kier molecular flexibility index (Phi) is 7.76. The predicted octanol–water partition coefficient (Wildman–Crippen LogP) is 5.16. The topological polar surface area (TPSA) is 82.8 Å². The second kappa shape index (κ2) is 10.7. The van der Waals surface area contributed by atoms with Gasteiger partial charge in [-0.25, -0.2) is 0 Å². The van der Waals surface area contributed by atoms with Crippen LogP contribution in [0.2, 0.25) is 0 Å². The van der Waals surface area contributed by atoms with Crippen LogP contribution in [-0.2, 0) is 6.61 Å². The van der Waals surface area contributed by atoms with Crippen LogP contribution < -0.4 is 19.5 Å². The lowest BCUT2D eigenvalue weighted by Crippen LogP contribution is -2.26. The molecule has 0 spiro atoms. The van der Waals surface area contributed by atoms with Crippen molar-refractivity contribution in [2.24, 2.45) is 0 Å². The number of nitrogens with one attached hydrogen (secondary N) is 1. The first kappa shape index (κ1) is 23.2. The van der Waals surface area contributed by atoms with Crippen LogP contribution in [-0.4, -0.2) is 24.3 Å². The predicted molar refractivity (Wildman–Crippen MR) is 121 cm³/mol. The van der Waals surface area contributed by atoms with Crippen molar-refractivity contribution in [2.45, 2.75) is 47.3 Å². The lowest BCUT2D eigenvalue weighted by molar-refractivity contribution is 0.0939. The van der Waals surface area contributed by atoms with E-state index < -0.39 is 0 Å². The lowest BCUT2D eigenvalue weighted by atomic mass is 10.1. The first-order chi connectivity index (χ1) is 15.4. The van der Waals surface area contributed by atoms with E-state index in [1.807, 2.05) is 52.8 Å². The van der Waals surface area contributed by atoms with Crippen molar-refractivity contribution in [3.8, 4) is 17.2 Å². The Balaban J connectivity index is 1.62. The number of rotatable bonds is 10. The fourth-order valence-electron chi connectivity index (χ4n) is 3.27. The summed E-state index contributed by atoms with van der Waals surface area (Å²) in [6, 6.07) is 12.6. The zero-order chi connectivity index (χ0) is 23.1. The van der Waals surface area contributed by atoms with E-state index in [0.717, 1.165) is 22.6 Å². The molecule has 0 aliphatic carbocycles. The van der Waals surface area contributed by atoms with E-state index in [1.54, 1.807) is 24.3 Å². The van der Waals surface area contributed by atoms with Crippen LogP contribution in [0, 0.1) is 13.8 Å². The summed E-state index contributed by atoms with van der Waals surface area (Å²) in [6.07, 6.45) is 0. The van der Waals surface area contributed by atoms with Crippen molar-refractivity contribution in [1.82, 2.24) is 10.5 Å². The normalized spacial score (nSPS) is 11.7. The summed E-state index contributed by atoms with van der Waals surface area (Å²) in [5.41, 5.74) is 3.24. The monoisotopic (exact) mass is 438 g/mol. The zero-order valence-electron chi connectivity index (χ0n) is 19.2. The second-order valence-corrected chi connectivity index (χ2v) is 7.38. The van der Waals surface area contributed by atoms with Crippen LogP contribution in [0.4, 0.5) is 0 Å². The van der Waals surface area contributed by atoms with Gasteiger partial charge in [0.2, 0.25) is 0 Å². The molecule has 3 rings (SSSR count). The van der Waals surface area contributed by atoms with Crippen LogP contribution in [0.3, 0.4) is 0 Å². The molecular formula is C25H30N2O5. The van der Waals surface area contributed by atoms with Crippen LogP contribution in [0.5, 0.6) is 17.2 Å². The molecule has 1 aromatic heterocycles. The number of hydrogen-bond donors (Lipinski definition) is 1. The summed E-state index contributed by atoms with van der Waals surface area (Å²) in [4.78, 5) is 12.7. The molecule has 0 aliphatic heterocycles. The minimum atomic E-state index is -0.201. The van der Waals surface area contributed by atoms with E-state index in [9.17, 15) is 4.79 Å². The third kappa shape index (κ3) is 5.60. The summed E-state index contributed by atoms with van der Waals surface area (Å²) in [7, 11) is 0. The van der Waals surface area contributed by atoms with E-state index in [4.69, 9.17) is 18.7 Å². The summed E-state index contributed by atoms with van der Waals surface area (Å²) in [5, 5.41) is 6.95. The number of ether oxygens (including phenoxy) is 3. The Morgan fingerprint density at radius 1 is 1.00 bits per heavy atom. The summed E-state index contributed by atoms with van der Waals surface area (Å²) in [6.45, 7) is 11.0. The number of benzene rings is 2. The maximum atomic E-state index is 12.7. The molecule has 7 nitrogen and oxygen atoms in total. The average Bonchev–Trinajstić information content (AvgIpc) is 3.11. The molecule has 2 aromatic carbocycles. The van der Waals surface area contributed by atoms with Crippen molar-refractivity contribution < 1.29 is 23.5 Å². The van der Waals surface area contributed by atoms with Gasteiger partial charge in [-0.15, -0.1) is 0 Å². The van der Waals surface area contributed by atoms with Gasteiger partial charge in [0.25, 0.3) is 5.91 Å². The van der Waals surface area contributed by atoms with Gasteiger partial charge >= 0.3 is 0 Å². The van der Waals surface area contributed by atoms with E-state index in [1.165, 1.54) is 0 Å². The molecule has 3 aromatic rings. The maximum Gasteiger partial charge on any atom is 0.251 e. The van der Waals surface area contributed by atoms with E-state index in [2.05, 4.69) is 10.5 Å². The van der Waals surface area contributed by atoms with Crippen LogP contribution in [0.15, 0.2) is 47.0 Å². The molecule has 32 heavy (non-hydrogen) atoms. The average molecular weight is 439 g/mol. The smallest absolute Gasteiger partial charge is 0.251 e. The SMILES string of the molecule is CCOc1ccc(C(C)NC(=O)c2ccc(OCc3c(C)noc3C)cc2)cc1OCC. The molecule has 7 heteroatoms. The molecule has 1 atom stereocenters. The first-order valence-electron chi connectivity index (χ1n) is 10.8. The van der Waals surface area contributed by atoms with Gasteiger partial charge in [0.15, 0.2) is 11.5 Å². The minimum Gasteiger partial charge on any atom is -0.490 e. The number of aromatic nitrogens is 1. The third-order valence-electron chi connectivity index (χ3n) is 5.10. The van der Waals surface area contributed by atoms with Crippen molar-refractivity contribution in [3.05, 3.63) is 70.6 Å². The number of aryl methyl sites for hydroxylation is 2. The van der Waals surface area contributed by atoms with Gasteiger partial charge in [-0.05, 0) is 76.6 Å². The molecule has 0 saturated carbocycles. The lowest BCUT2D eigenvalue weighted by Gasteiger charge is -2.17. The third-order valence-corrected chi connectivity index (χ3v) is 5.10. The Labute approximate surface area is 188 Å². The highest BCUT2D eigenvalue weighted by atomic mass is 16.5.